The molecule has 1 aromatic rings. The smallest absolute Gasteiger partial charge is 0.335 e. The standard InChI is InChI=1S/C24H32O5/c1-21-8-5-15(25)12-23(21,27)10-7-17-16(21)6-9-22(2)18(11-19-24(17,22)29-19)14-3-4-20(26)28-13-14/h3-4,13,15-19,25,27H,5-12H2,1-2H3/t15-,16+,17-,18-,19-,21-,22-,23+,24-/m1/s1. The maximum absolute atomic E-state index is 11.6. The average Bonchev–Trinajstić information content (AvgIpc) is 3.34. The van der Waals surface area contributed by atoms with Gasteiger partial charge in [0.05, 0.1) is 24.1 Å². The zero-order valence-electron chi connectivity index (χ0n) is 17.4. The lowest BCUT2D eigenvalue weighted by atomic mass is 9.42. The normalized spacial score (nSPS) is 55.4. The van der Waals surface area contributed by atoms with Crippen molar-refractivity contribution in [2.24, 2.45) is 22.7 Å². The molecule has 5 aliphatic rings. The van der Waals surface area contributed by atoms with E-state index in [2.05, 4.69) is 13.8 Å². The Labute approximate surface area is 171 Å². The van der Waals surface area contributed by atoms with Crippen LogP contribution in [0.25, 0.3) is 0 Å². The fraction of sp³-hybridized carbons (Fsp3) is 0.792. The number of ether oxygens (including phenoxy) is 1. The van der Waals surface area contributed by atoms with Crippen LogP contribution in [0.1, 0.15) is 76.7 Å². The Bertz CT molecular complexity index is 890. The molecule has 1 aliphatic heterocycles. The Morgan fingerprint density at radius 1 is 1.03 bits per heavy atom. The van der Waals surface area contributed by atoms with Gasteiger partial charge < -0.3 is 19.4 Å². The van der Waals surface area contributed by atoms with Crippen LogP contribution >= 0.6 is 0 Å². The molecule has 2 N–H and O–H groups in total. The molecule has 1 saturated heterocycles. The Kier molecular flexibility index (Phi) is 3.55. The Morgan fingerprint density at radius 3 is 2.55 bits per heavy atom. The molecule has 2 heterocycles. The first kappa shape index (κ1) is 18.6. The Balaban J connectivity index is 1.37. The highest BCUT2D eigenvalue weighted by Crippen LogP contribution is 2.78. The van der Waals surface area contributed by atoms with Crippen molar-refractivity contribution >= 4 is 0 Å². The van der Waals surface area contributed by atoms with Crippen LogP contribution in [-0.2, 0) is 4.74 Å². The molecule has 6 rings (SSSR count). The van der Waals surface area contributed by atoms with Gasteiger partial charge in [0, 0.05) is 17.9 Å². The van der Waals surface area contributed by atoms with Gasteiger partial charge in [0.25, 0.3) is 0 Å². The highest BCUT2D eigenvalue weighted by atomic mass is 16.6. The van der Waals surface area contributed by atoms with E-state index < -0.39 is 5.60 Å². The topological polar surface area (TPSA) is 83.2 Å². The molecule has 4 aliphatic carbocycles. The van der Waals surface area contributed by atoms with Crippen LogP contribution < -0.4 is 5.63 Å². The summed E-state index contributed by atoms with van der Waals surface area (Å²) in [6.07, 6.45) is 8.69. The van der Waals surface area contributed by atoms with Gasteiger partial charge in [-0.05, 0) is 79.7 Å². The quantitative estimate of drug-likeness (QED) is 0.706. The molecule has 158 valence electrons. The van der Waals surface area contributed by atoms with E-state index in [0.29, 0.717) is 24.2 Å². The molecular weight excluding hydrogens is 368 g/mol. The van der Waals surface area contributed by atoms with E-state index >= 15 is 0 Å². The van der Waals surface area contributed by atoms with Gasteiger partial charge >= 0.3 is 5.63 Å². The molecule has 1 aromatic heterocycles. The summed E-state index contributed by atoms with van der Waals surface area (Å²) < 4.78 is 11.8. The summed E-state index contributed by atoms with van der Waals surface area (Å²) in [5, 5.41) is 21.8. The van der Waals surface area contributed by atoms with E-state index in [0.717, 1.165) is 50.5 Å². The molecule has 1 spiro atoms. The summed E-state index contributed by atoms with van der Waals surface area (Å²) in [5.74, 6) is 1.26. The second-order valence-electron chi connectivity index (χ2n) is 11.1. The molecule has 0 radical (unpaired) electrons. The number of fused-ring (bicyclic) bond motifs is 3. The number of aliphatic hydroxyl groups excluding tert-OH is 1. The lowest BCUT2D eigenvalue weighted by Gasteiger charge is -2.64. The number of aliphatic hydroxyl groups is 2. The van der Waals surface area contributed by atoms with Gasteiger partial charge in [-0.25, -0.2) is 4.79 Å². The van der Waals surface area contributed by atoms with Gasteiger partial charge in [-0.3, -0.25) is 0 Å². The number of hydrogen-bond acceptors (Lipinski definition) is 5. The summed E-state index contributed by atoms with van der Waals surface area (Å²) in [6.45, 7) is 4.67. The lowest BCUT2D eigenvalue weighted by molar-refractivity contribution is -0.223. The van der Waals surface area contributed by atoms with E-state index in [1.807, 2.05) is 6.07 Å². The summed E-state index contributed by atoms with van der Waals surface area (Å²) in [4.78, 5) is 11.4. The zero-order chi connectivity index (χ0) is 20.2. The molecule has 0 amide bonds. The maximum atomic E-state index is 11.6. The molecule has 5 heteroatoms. The zero-order valence-corrected chi connectivity index (χ0v) is 17.4. The molecule has 5 nitrogen and oxygen atoms in total. The van der Waals surface area contributed by atoms with Crippen LogP contribution in [0.2, 0.25) is 0 Å². The average molecular weight is 401 g/mol. The van der Waals surface area contributed by atoms with Crippen molar-refractivity contribution in [1.82, 2.24) is 0 Å². The molecular formula is C24H32O5. The van der Waals surface area contributed by atoms with E-state index in [-0.39, 0.29) is 34.3 Å². The third-order valence-electron chi connectivity index (χ3n) is 10.3. The van der Waals surface area contributed by atoms with Gasteiger partial charge in [-0.2, -0.15) is 0 Å². The minimum atomic E-state index is -0.749. The van der Waals surface area contributed by atoms with Gasteiger partial charge in [0.2, 0.25) is 0 Å². The van der Waals surface area contributed by atoms with Gasteiger partial charge in [-0.1, -0.05) is 13.8 Å². The first-order chi connectivity index (χ1) is 13.7. The number of epoxide rings is 1. The first-order valence-corrected chi connectivity index (χ1v) is 11.4. The van der Waals surface area contributed by atoms with Crippen LogP contribution in [0, 0.1) is 22.7 Å². The predicted octanol–water partition coefficient (Wildman–Crippen LogP) is 3.37. The summed E-state index contributed by atoms with van der Waals surface area (Å²) in [7, 11) is 0. The minimum absolute atomic E-state index is 0.0404. The Hall–Kier alpha value is -1.17. The maximum Gasteiger partial charge on any atom is 0.335 e. The molecule has 4 saturated carbocycles. The van der Waals surface area contributed by atoms with Crippen molar-refractivity contribution < 1.29 is 19.4 Å². The van der Waals surface area contributed by atoms with Crippen LogP contribution in [0.15, 0.2) is 27.6 Å². The van der Waals surface area contributed by atoms with Gasteiger partial charge in [0.15, 0.2) is 0 Å². The monoisotopic (exact) mass is 400 g/mol. The van der Waals surface area contributed by atoms with Crippen molar-refractivity contribution in [3.05, 3.63) is 34.4 Å². The van der Waals surface area contributed by atoms with Crippen LogP contribution in [0.3, 0.4) is 0 Å². The van der Waals surface area contributed by atoms with Crippen molar-refractivity contribution in [2.75, 3.05) is 0 Å². The van der Waals surface area contributed by atoms with E-state index in [9.17, 15) is 15.0 Å². The highest BCUT2D eigenvalue weighted by molar-refractivity contribution is 5.35. The third-order valence-corrected chi connectivity index (χ3v) is 10.3. The SMILES string of the molecule is C[C@]12CC[C@@H](O)C[C@@]1(O)CC[C@@H]1[C@@H]2CC[C@]2(C)[C@@H](c3ccc(=O)oc3)C[C@H]3O[C@]132. The van der Waals surface area contributed by atoms with Crippen LogP contribution in [0.5, 0.6) is 0 Å². The molecule has 0 aromatic carbocycles. The van der Waals surface area contributed by atoms with Gasteiger partial charge in [-0.15, -0.1) is 0 Å². The van der Waals surface area contributed by atoms with E-state index in [1.165, 1.54) is 6.07 Å². The first-order valence-electron chi connectivity index (χ1n) is 11.4. The summed E-state index contributed by atoms with van der Waals surface area (Å²) >= 11 is 0. The van der Waals surface area contributed by atoms with E-state index in [1.54, 1.807) is 6.26 Å². The third kappa shape index (κ3) is 2.10. The number of rotatable bonds is 1. The minimum Gasteiger partial charge on any atom is -0.431 e. The van der Waals surface area contributed by atoms with Crippen molar-refractivity contribution in [2.45, 2.75) is 94.5 Å². The second kappa shape index (κ2) is 5.54. The molecule has 0 unspecified atom stereocenters. The fourth-order valence-electron chi connectivity index (χ4n) is 8.73. The number of hydrogen-bond donors (Lipinski definition) is 2. The molecule has 9 atom stereocenters. The van der Waals surface area contributed by atoms with Crippen LogP contribution in [0.4, 0.5) is 0 Å². The highest BCUT2D eigenvalue weighted by Gasteiger charge is 2.81. The van der Waals surface area contributed by atoms with E-state index in [4.69, 9.17) is 9.15 Å². The summed E-state index contributed by atoms with van der Waals surface area (Å²) in [6, 6.07) is 3.48. The molecule has 0 bridgehead atoms. The van der Waals surface area contributed by atoms with Crippen molar-refractivity contribution in [3.8, 4) is 0 Å². The van der Waals surface area contributed by atoms with Crippen molar-refractivity contribution in [3.63, 3.8) is 0 Å². The van der Waals surface area contributed by atoms with Crippen molar-refractivity contribution in [1.29, 1.82) is 0 Å². The predicted molar refractivity (Wildman–Crippen MR) is 106 cm³/mol. The second-order valence-corrected chi connectivity index (χ2v) is 11.1. The van der Waals surface area contributed by atoms with Gasteiger partial charge in [0.1, 0.15) is 5.60 Å². The van der Waals surface area contributed by atoms with Crippen LogP contribution in [-0.4, -0.2) is 33.6 Å². The summed E-state index contributed by atoms with van der Waals surface area (Å²) in [5.41, 5.74) is -0.118. The molecule has 5 fully saturated rings. The lowest BCUT2D eigenvalue weighted by Crippen LogP contribution is -2.65. The Morgan fingerprint density at radius 2 is 1.79 bits per heavy atom. The largest absolute Gasteiger partial charge is 0.431 e. The fourth-order valence-corrected chi connectivity index (χ4v) is 8.73. The molecule has 29 heavy (non-hydrogen) atoms.